The number of nitrogens with zero attached hydrogens (tertiary/aromatic N) is 3. The van der Waals surface area contributed by atoms with Gasteiger partial charge in [0.2, 0.25) is 11.8 Å². The van der Waals surface area contributed by atoms with E-state index in [2.05, 4.69) is 36.4 Å². The van der Waals surface area contributed by atoms with Crippen molar-refractivity contribution in [2.24, 2.45) is 5.10 Å². The summed E-state index contributed by atoms with van der Waals surface area (Å²) in [5.41, 5.74) is 3.78. The van der Waals surface area contributed by atoms with E-state index in [1.54, 1.807) is 6.07 Å². The van der Waals surface area contributed by atoms with E-state index in [1.807, 2.05) is 54.6 Å². The molecule has 0 saturated carbocycles. The van der Waals surface area contributed by atoms with E-state index in [-0.39, 0.29) is 5.95 Å². The van der Waals surface area contributed by atoms with E-state index in [0.717, 1.165) is 15.6 Å². The fraction of sp³-hybridized carbons (Fsp3) is 0. The molecule has 1 heterocycles. The van der Waals surface area contributed by atoms with Gasteiger partial charge in [-0.3, -0.25) is 0 Å². The van der Waals surface area contributed by atoms with Crippen LogP contribution in [0, 0.1) is 29.1 Å². The molecular formula is C23H12BrF5N4. The molecule has 1 N–H and O–H groups in total. The minimum Gasteiger partial charge on any atom is -0.245 e. The van der Waals surface area contributed by atoms with Crippen LogP contribution in [0.5, 0.6) is 0 Å². The Morgan fingerprint density at radius 2 is 1.21 bits per heavy atom. The van der Waals surface area contributed by atoms with Crippen molar-refractivity contribution in [3.8, 4) is 22.5 Å². The van der Waals surface area contributed by atoms with E-state index >= 15 is 0 Å². The van der Waals surface area contributed by atoms with Crippen molar-refractivity contribution in [1.29, 1.82) is 0 Å². The minimum absolute atomic E-state index is 0.0469. The first-order valence-corrected chi connectivity index (χ1v) is 10.2. The first kappa shape index (κ1) is 22.5. The Morgan fingerprint density at radius 1 is 0.697 bits per heavy atom. The third-order valence-corrected chi connectivity index (χ3v) is 5.07. The zero-order valence-electron chi connectivity index (χ0n) is 16.5. The molecular weight excluding hydrogens is 507 g/mol. The summed E-state index contributed by atoms with van der Waals surface area (Å²) in [6, 6.07) is 18.2. The number of nitrogens with one attached hydrogen (secondary N) is 1. The predicted octanol–water partition coefficient (Wildman–Crippen LogP) is 6.71. The summed E-state index contributed by atoms with van der Waals surface area (Å²) in [6.07, 6.45) is 0.480. The third-order valence-electron chi connectivity index (χ3n) is 4.54. The van der Waals surface area contributed by atoms with Crippen LogP contribution >= 0.6 is 15.9 Å². The van der Waals surface area contributed by atoms with Crippen LogP contribution < -0.4 is 5.43 Å². The van der Waals surface area contributed by atoms with Crippen molar-refractivity contribution in [3.05, 3.63) is 99.8 Å². The van der Waals surface area contributed by atoms with Crippen LogP contribution in [0.2, 0.25) is 0 Å². The molecule has 0 atom stereocenters. The number of hydrogen-bond acceptors (Lipinski definition) is 4. The molecule has 0 aliphatic heterocycles. The van der Waals surface area contributed by atoms with E-state index in [4.69, 9.17) is 0 Å². The van der Waals surface area contributed by atoms with E-state index < -0.39 is 34.6 Å². The Bertz CT molecular complexity index is 1320. The highest BCUT2D eigenvalue weighted by Crippen LogP contribution is 2.26. The Hall–Kier alpha value is -3.66. The van der Waals surface area contributed by atoms with E-state index in [9.17, 15) is 22.0 Å². The largest absolute Gasteiger partial charge is 0.245 e. The van der Waals surface area contributed by atoms with Gasteiger partial charge >= 0.3 is 0 Å². The summed E-state index contributed by atoms with van der Waals surface area (Å²) in [7, 11) is 0. The van der Waals surface area contributed by atoms with E-state index in [0.29, 0.717) is 17.6 Å². The van der Waals surface area contributed by atoms with Crippen molar-refractivity contribution in [3.63, 3.8) is 0 Å². The molecule has 4 aromatic rings. The second kappa shape index (κ2) is 9.45. The van der Waals surface area contributed by atoms with Crippen molar-refractivity contribution in [1.82, 2.24) is 9.97 Å². The smallest absolute Gasteiger partial charge is 0.244 e. The van der Waals surface area contributed by atoms with Crippen LogP contribution in [0.4, 0.5) is 27.9 Å². The summed E-state index contributed by atoms with van der Waals surface area (Å²) < 4.78 is 68.6. The van der Waals surface area contributed by atoms with Gasteiger partial charge < -0.3 is 0 Å². The first-order chi connectivity index (χ1) is 15.8. The highest BCUT2D eigenvalue weighted by Gasteiger charge is 2.24. The lowest BCUT2D eigenvalue weighted by molar-refractivity contribution is 0.377. The summed E-state index contributed by atoms with van der Waals surface area (Å²) in [6.45, 7) is 0. The first-order valence-electron chi connectivity index (χ1n) is 9.36. The quantitative estimate of drug-likeness (QED) is 0.105. The molecule has 0 amide bonds. The second-order valence-electron chi connectivity index (χ2n) is 6.69. The standard InChI is InChI=1S/C23H12BrF5N4/c24-14-8-6-13(7-9-14)17-10-16(12-4-2-1-3-5-12)31-23(32-17)33-30-11-15-18(25)20(27)22(29)21(28)19(15)26/h1-11H,(H,31,32,33). The number of hydrogen-bond donors (Lipinski definition) is 1. The lowest BCUT2D eigenvalue weighted by Crippen LogP contribution is -2.07. The molecule has 10 heteroatoms. The van der Waals surface area contributed by atoms with Gasteiger partial charge in [-0.05, 0) is 18.2 Å². The molecule has 3 aromatic carbocycles. The van der Waals surface area contributed by atoms with Gasteiger partial charge in [0.05, 0.1) is 23.2 Å². The number of anilines is 1. The highest BCUT2D eigenvalue weighted by molar-refractivity contribution is 9.10. The summed E-state index contributed by atoms with van der Waals surface area (Å²) in [5.74, 6) is -10.4. The van der Waals surface area contributed by atoms with Crippen LogP contribution in [0.25, 0.3) is 22.5 Å². The maximum Gasteiger partial charge on any atom is 0.244 e. The Morgan fingerprint density at radius 3 is 1.79 bits per heavy atom. The van der Waals surface area contributed by atoms with Crippen molar-refractivity contribution in [2.75, 3.05) is 5.43 Å². The topological polar surface area (TPSA) is 50.2 Å². The maximum absolute atomic E-state index is 13.9. The van der Waals surface area contributed by atoms with Crippen molar-refractivity contribution < 1.29 is 22.0 Å². The highest BCUT2D eigenvalue weighted by atomic mass is 79.9. The van der Waals surface area contributed by atoms with Gasteiger partial charge in [0, 0.05) is 15.6 Å². The predicted molar refractivity (Wildman–Crippen MR) is 118 cm³/mol. The van der Waals surface area contributed by atoms with Crippen LogP contribution in [-0.2, 0) is 0 Å². The Kier molecular flexibility index (Phi) is 6.45. The van der Waals surface area contributed by atoms with Crippen LogP contribution in [0.3, 0.4) is 0 Å². The SMILES string of the molecule is Fc1c(F)c(F)c(C=NNc2nc(-c3ccccc3)cc(-c3ccc(Br)cc3)n2)c(F)c1F. The number of halogens is 6. The molecule has 4 nitrogen and oxygen atoms in total. The lowest BCUT2D eigenvalue weighted by atomic mass is 10.1. The van der Waals surface area contributed by atoms with Gasteiger partial charge in [-0.15, -0.1) is 0 Å². The monoisotopic (exact) mass is 518 g/mol. The fourth-order valence-electron chi connectivity index (χ4n) is 2.91. The molecule has 0 unspecified atom stereocenters. The average molecular weight is 519 g/mol. The van der Waals surface area contributed by atoms with Crippen LogP contribution in [0.15, 0.2) is 70.2 Å². The molecule has 0 aliphatic rings. The molecule has 0 bridgehead atoms. The molecule has 0 spiro atoms. The molecule has 0 saturated heterocycles. The lowest BCUT2D eigenvalue weighted by Gasteiger charge is -2.09. The van der Waals surface area contributed by atoms with Gasteiger partial charge in [-0.25, -0.2) is 37.3 Å². The van der Waals surface area contributed by atoms with Gasteiger partial charge in [0.25, 0.3) is 0 Å². The van der Waals surface area contributed by atoms with Gasteiger partial charge in [-0.2, -0.15) is 5.10 Å². The molecule has 0 fully saturated rings. The summed E-state index contributed by atoms with van der Waals surface area (Å²) in [5, 5.41) is 3.59. The van der Waals surface area contributed by atoms with Gasteiger partial charge in [-0.1, -0.05) is 58.4 Å². The van der Waals surface area contributed by atoms with E-state index in [1.165, 1.54) is 0 Å². The number of hydrazone groups is 1. The number of benzene rings is 3. The third kappa shape index (κ3) is 4.75. The molecule has 0 aliphatic carbocycles. The maximum atomic E-state index is 13.9. The van der Waals surface area contributed by atoms with Crippen molar-refractivity contribution in [2.45, 2.75) is 0 Å². The minimum atomic E-state index is -2.24. The number of aromatic nitrogens is 2. The molecule has 4 rings (SSSR count). The molecule has 33 heavy (non-hydrogen) atoms. The normalized spacial score (nSPS) is 11.2. The summed E-state index contributed by atoms with van der Waals surface area (Å²) >= 11 is 3.36. The van der Waals surface area contributed by atoms with Gasteiger partial charge in [0.1, 0.15) is 0 Å². The molecule has 0 radical (unpaired) electrons. The van der Waals surface area contributed by atoms with Gasteiger partial charge in [0.15, 0.2) is 23.3 Å². The summed E-state index contributed by atoms with van der Waals surface area (Å²) in [4.78, 5) is 8.67. The van der Waals surface area contributed by atoms with Crippen LogP contribution in [-0.4, -0.2) is 16.2 Å². The Balaban J connectivity index is 1.72. The Labute approximate surface area is 193 Å². The second-order valence-corrected chi connectivity index (χ2v) is 7.60. The van der Waals surface area contributed by atoms with Crippen LogP contribution in [0.1, 0.15) is 5.56 Å². The van der Waals surface area contributed by atoms with Crippen molar-refractivity contribution >= 4 is 28.1 Å². The molecule has 166 valence electrons. The molecule has 1 aromatic heterocycles. The number of rotatable bonds is 5. The zero-order chi connectivity index (χ0) is 23.5. The average Bonchev–Trinajstić information content (AvgIpc) is 2.84. The fourth-order valence-corrected chi connectivity index (χ4v) is 3.18. The zero-order valence-corrected chi connectivity index (χ0v) is 18.0.